The van der Waals surface area contributed by atoms with E-state index < -0.39 is 0 Å². The molecule has 28 heavy (non-hydrogen) atoms. The number of amides is 1. The predicted molar refractivity (Wildman–Crippen MR) is 112 cm³/mol. The summed E-state index contributed by atoms with van der Waals surface area (Å²) in [5, 5.41) is 13.3. The second-order valence-electron chi connectivity index (χ2n) is 5.73. The molecule has 0 unspecified atom stereocenters. The lowest BCUT2D eigenvalue weighted by atomic mass is 10.1. The average Bonchev–Trinajstić information content (AvgIpc) is 2.73. The molecule has 2 aromatic carbocycles. The number of carbonyl (C=O) groups excluding carboxylic acids is 1. The summed E-state index contributed by atoms with van der Waals surface area (Å²) in [6, 6.07) is 20.0. The van der Waals surface area contributed by atoms with E-state index in [4.69, 9.17) is 16.3 Å². The van der Waals surface area contributed by atoms with Crippen molar-refractivity contribution in [2.24, 2.45) is 0 Å². The molecule has 0 radical (unpaired) electrons. The number of nitrogens with zero attached hydrogens (tertiary/aromatic N) is 2. The maximum atomic E-state index is 12.2. The Morgan fingerprint density at radius 1 is 1.14 bits per heavy atom. The molecule has 3 aromatic rings. The highest BCUT2D eigenvalue weighted by molar-refractivity contribution is 8.00. The highest BCUT2D eigenvalue weighted by atomic mass is 35.5. The zero-order valence-electron chi connectivity index (χ0n) is 15.0. The first kappa shape index (κ1) is 19.7. The largest absolute Gasteiger partial charge is 0.497 e. The molecule has 0 spiro atoms. The second kappa shape index (κ2) is 9.27. The number of carbonyl (C=O) groups is 1. The van der Waals surface area contributed by atoms with Crippen molar-refractivity contribution < 1.29 is 9.53 Å². The first-order valence-corrected chi connectivity index (χ1v) is 9.69. The van der Waals surface area contributed by atoms with Crippen LogP contribution in [0.2, 0.25) is 5.02 Å². The van der Waals surface area contributed by atoms with Crippen LogP contribution in [0.3, 0.4) is 0 Å². The number of anilines is 1. The molecule has 0 aliphatic rings. The van der Waals surface area contributed by atoms with Crippen LogP contribution in [0.5, 0.6) is 5.75 Å². The van der Waals surface area contributed by atoms with E-state index in [1.807, 2.05) is 12.1 Å². The summed E-state index contributed by atoms with van der Waals surface area (Å²) in [7, 11) is 1.59. The summed E-state index contributed by atoms with van der Waals surface area (Å²) >= 11 is 7.15. The van der Waals surface area contributed by atoms with E-state index in [0.29, 0.717) is 32.7 Å². The average molecular weight is 410 g/mol. The van der Waals surface area contributed by atoms with Gasteiger partial charge in [0.1, 0.15) is 16.8 Å². The minimum Gasteiger partial charge on any atom is -0.497 e. The van der Waals surface area contributed by atoms with Crippen LogP contribution in [0.4, 0.5) is 5.69 Å². The van der Waals surface area contributed by atoms with Gasteiger partial charge in [-0.1, -0.05) is 35.5 Å². The maximum Gasteiger partial charge on any atom is 0.234 e. The van der Waals surface area contributed by atoms with Crippen LogP contribution in [0.25, 0.3) is 11.3 Å². The number of thioether (sulfide) groups is 1. The van der Waals surface area contributed by atoms with Gasteiger partial charge < -0.3 is 10.1 Å². The molecule has 140 valence electrons. The van der Waals surface area contributed by atoms with Crippen molar-refractivity contribution in [1.82, 2.24) is 4.98 Å². The number of aromatic nitrogens is 1. The number of methoxy groups -OCH3 is 1. The number of halogens is 1. The van der Waals surface area contributed by atoms with Crippen LogP contribution < -0.4 is 10.1 Å². The highest BCUT2D eigenvalue weighted by Crippen LogP contribution is 2.26. The van der Waals surface area contributed by atoms with E-state index in [1.54, 1.807) is 55.6 Å². The predicted octanol–water partition coefficient (Wildman–Crippen LogP) is 5.01. The van der Waals surface area contributed by atoms with Crippen molar-refractivity contribution in [3.05, 3.63) is 71.2 Å². The van der Waals surface area contributed by atoms with Crippen LogP contribution in [-0.2, 0) is 4.79 Å². The Balaban J connectivity index is 1.70. The third-order valence-electron chi connectivity index (χ3n) is 3.83. The number of benzene rings is 2. The summed E-state index contributed by atoms with van der Waals surface area (Å²) in [5.74, 6) is 0.671. The van der Waals surface area contributed by atoms with Crippen LogP contribution in [0.1, 0.15) is 5.56 Å². The van der Waals surface area contributed by atoms with Gasteiger partial charge in [0.15, 0.2) is 0 Å². The van der Waals surface area contributed by atoms with Gasteiger partial charge in [-0.15, -0.1) is 0 Å². The minimum atomic E-state index is -0.183. The molecule has 1 heterocycles. The lowest BCUT2D eigenvalue weighted by Crippen LogP contribution is -2.14. The van der Waals surface area contributed by atoms with Crippen LogP contribution in [0, 0.1) is 11.3 Å². The minimum absolute atomic E-state index is 0.137. The van der Waals surface area contributed by atoms with E-state index in [0.717, 1.165) is 5.56 Å². The molecule has 1 amide bonds. The lowest BCUT2D eigenvalue weighted by molar-refractivity contribution is -0.113. The van der Waals surface area contributed by atoms with Gasteiger partial charge in [-0.3, -0.25) is 4.79 Å². The molecular formula is C21H16ClN3O2S. The van der Waals surface area contributed by atoms with Crippen molar-refractivity contribution in [1.29, 1.82) is 5.26 Å². The first-order valence-electron chi connectivity index (χ1n) is 8.33. The molecule has 7 heteroatoms. The fraction of sp³-hybridized carbons (Fsp3) is 0.0952. The quantitative estimate of drug-likeness (QED) is 0.579. The van der Waals surface area contributed by atoms with Gasteiger partial charge in [0.05, 0.1) is 24.1 Å². The molecule has 0 atom stereocenters. The SMILES string of the molecule is COc1ccc(NC(=O)CSc2nc(-c3ccc(Cl)cc3)ccc2C#N)cc1. The van der Waals surface area contributed by atoms with Gasteiger partial charge in [-0.25, -0.2) is 4.98 Å². The standard InChI is InChI=1S/C21H16ClN3O2S/c1-27-18-9-7-17(8-10-18)24-20(26)13-28-21-15(12-23)4-11-19(25-21)14-2-5-16(22)6-3-14/h2-11H,13H2,1H3,(H,24,26). The Morgan fingerprint density at radius 2 is 1.86 bits per heavy atom. The molecule has 0 saturated heterocycles. The summed E-state index contributed by atoms with van der Waals surface area (Å²) in [6.45, 7) is 0. The number of nitriles is 1. The fourth-order valence-corrected chi connectivity index (χ4v) is 3.32. The molecule has 0 aliphatic carbocycles. The Morgan fingerprint density at radius 3 is 2.50 bits per heavy atom. The number of hydrogen-bond donors (Lipinski definition) is 1. The zero-order valence-corrected chi connectivity index (χ0v) is 16.6. The van der Waals surface area contributed by atoms with Crippen molar-refractivity contribution in [3.8, 4) is 23.1 Å². The van der Waals surface area contributed by atoms with E-state index >= 15 is 0 Å². The Labute approximate surface area is 172 Å². The lowest BCUT2D eigenvalue weighted by Gasteiger charge is -2.08. The van der Waals surface area contributed by atoms with Crippen molar-refractivity contribution >= 4 is 35.0 Å². The van der Waals surface area contributed by atoms with Gasteiger partial charge in [-0.05, 0) is 48.5 Å². The van der Waals surface area contributed by atoms with Gasteiger partial charge in [0, 0.05) is 16.3 Å². The zero-order chi connectivity index (χ0) is 19.9. The molecule has 1 aromatic heterocycles. The Hall–Kier alpha value is -3.01. The number of hydrogen-bond acceptors (Lipinski definition) is 5. The van der Waals surface area contributed by atoms with Gasteiger partial charge in [0.2, 0.25) is 5.91 Å². The van der Waals surface area contributed by atoms with Crippen LogP contribution in [0.15, 0.2) is 65.7 Å². The van der Waals surface area contributed by atoms with Gasteiger partial charge in [-0.2, -0.15) is 5.26 Å². The van der Waals surface area contributed by atoms with E-state index in [-0.39, 0.29) is 11.7 Å². The maximum absolute atomic E-state index is 12.2. The summed E-state index contributed by atoms with van der Waals surface area (Å²) < 4.78 is 5.10. The summed E-state index contributed by atoms with van der Waals surface area (Å²) in [4.78, 5) is 16.8. The highest BCUT2D eigenvalue weighted by Gasteiger charge is 2.11. The Kier molecular flexibility index (Phi) is 6.53. The Bertz CT molecular complexity index is 1020. The molecule has 0 saturated carbocycles. The van der Waals surface area contributed by atoms with Gasteiger partial charge in [0.25, 0.3) is 0 Å². The number of rotatable bonds is 6. The molecular weight excluding hydrogens is 394 g/mol. The smallest absolute Gasteiger partial charge is 0.234 e. The first-order chi connectivity index (χ1) is 13.6. The summed E-state index contributed by atoms with van der Waals surface area (Å²) in [6.07, 6.45) is 0. The number of pyridine rings is 1. The van der Waals surface area contributed by atoms with Crippen LogP contribution >= 0.6 is 23.4 Å². The molecule has 3 rings (SSSR count). The third-order valence-corrected chi connectivity index (χ3v) is 5.08. The van der Waals surface area contributed by atoms with Gasteiger partial charge >= 0.3 is 0 Å². The number of nitrogens with one attached hydrogen (secondary N) is 1. The normalized spacial score (nSPS) is 10.2. The van der Waals surface area contributed by atoms with E-state index in [9.17, 15) is 10.1 Å². The van der Waals surface area contributed by atoms with Crippen LogP contribution in [-0.4, -0.2) is 23.8 Å². The molecule has 0 fully saturated rings. The fourth-order valence-electron chi connectivity index (χ4n) is 2.42. The molecule has 0 aliphatic heterocycles. The van der Waals surface area contributed by atoms with Crippen molar-refractivity contribution in [2.75, 3.05) is 18.2 Å². The third kappa shape index (κ3) is 5.03. The topological polar surface area (TPSA) is 75.0 Å². The molecule has 1 N–H and O–H groups in total. The monoisotopic (exact) mass is 409 g/mol. The number of ether oxygens (including phenoxy) is 1. The van der Waals surface area contributed by atoms with Crippen molar-refractivity contribution in [3.63, 3.8) is 0 Å². The summed E-state index contributed by atoms with van der Waals surface area (Å²) in [5.41, 5.74) is 2.71. The molecule has 0 bridgehead atoms. The second-order valence-corrected chi connectivity index (χ2v) is 7.13. The van der Waals surface area contributed by atoms with E-state index in [1.165, 1.54) is 11.8 Å². The van der Waals surface area contributed by atoms with E-state index in [2.05, 4.69) is 16.4 Å². The molecule has 5 nitrogen and oxygen atoms in total. The van der Waals surface area contributed by atoms with Crippen molar-refractivity contribution in [2.45, 2.75) is 5.03 Å².